The first-order valence-electron chi connectivity index (χ1n) is 6.50. The molecule has 104 valence electrons. The molecule has 2 N–H and O–H groups in total. The third-order valence-corrected chi connectivity index (χ3v) is 2.69. The smallest absolute Gasteiger partial charge is 0.315 e. The van der Waals surface area contributed by atoms with Crippen LogP contribution in [0.4, 0.5) is 4.79 Å². The number of hydrogen-bond acceptors (Lipinski definition) is 2. The third-order valence-electron chi connectivity index (χ3n) is 2.69. The molecule has 0 aliphatic rings. The molecule has 19 heavy (non-hydrogen) atoms. The molecule has 1 aromatic carbocycles. The molecule has 5 nitrogen and oxygen atoms in total. The minimum Gasteiger partial charge on any atom is -0.338 e. The number of likely N-dealkylation sites (N-methyl/N-ethyl adjacent to an activating group) is 1. The number of hydrogen-bond donors (Lipinski definition) is 2. The van der Waals surface area contributed by atoms with Crippen molar-refractivity contribution < 1.29 is 9.59 Å². The number of carbonyl (C=O) groups is 2. The van der Waals surface area contributed by atoms with Gasteiger partial charge in [-0.1, -0.05) is 30.3 Å². The first-order chi connectivity index (χ1) is 9.17. The second-order valence-corrected chi connectivity index (χ2v) is 4.11. The van der Waals surface area contributed by atoms with Crippen LogP contribution in [0.3, 0.4) is 0 Å². The lowest BCUT2D eigenvalue weighted by Gasteiger charge is -2.21. The Bertz CT molecular complexity index is 406. The number of nitrogens with one attached hydrogen (secondary N) is 2. The van der Waals surface area contributed by atoms with Gasteiger partial charge in [0.1, 0.15) is 0 Å². The summed E-state index contributed by atoms with van der Waals surface area (Å²) in [5.41, 5.74) is 1.08. The van der Waals surface area contributed by atoms with E-state index in [4.69, 9.17) is 0 Å². The lowest BCUT2D eigenvalue weighted by Crippen LogP contribution is -2.43. The maximum atomic E-state index is 12.0. The van der Waals surface area contributed by atoms with Crippen molar-refractivity contribution in [2.45, 2.75) is 20.4 Å². The molecule has 1 aromatic rings. The second-order valence-electron chi connectivity index (χ2n) is 4.11. The van der Waals surface area contributed by atoms with Gasteiger partial charge in [-0.25, -0.2) is 4.79 Å². The Hall–Kier alpha value is -2.04. The lowest BCUT2D eigenvalue weighted by atomic mass is 10.2. The maximum absolute atomic E-state index is 12.0. The SMILES string of the molecule is CCNC(=O)NCC(=O)N(CC)Cc1ccccc1. The zero-order valence-electron chi connectivity index (χ0n) is 11.5. The third kappa shape index (κ3) is 5.42. The molecule has 0 aromatic heterocycles. The molecular weight excluding hydrogens is 242 g/mol. The van der Waals surface area contributed by atoms with Crippen molar-refractivity contribution >= 4 is 11.9 Å². The van der Waals surface area contributed by atoms with E-state index in [1.54, 1.807) is 4.90 Å². The Morgan fingerprint density at radius 3 is 2.37 bits per heavy atom. The van der Waals surface area contributed by atoms with Gasteiger partial charge in [0.25, 0.3) is 0 Å². The molecule has 0 fully saturated rings. The fourth-order valence-electron chi connectivity index (χ4n) is 1.67. The van der Waals surface area contributed by atoms with Crippen molar-refractivity contribution in [1.82, 2.24) is 15.5 Å². The van der Waals surface area contributed by atoms with Gasteiger partial charge < -0.3 is 15.5 Å². The highest BCUT2D eigenvalue weighted by atomic mass is 16.2. The molecule has 0 spiro atoms. The van der Waals surface area contributed by atoms with Crippen LogP contribution in [-0.4, -0.2) is 36.5 Å². The van der Waals surface area contributed by atoms with Crippen molar-refractivity contribution in [1.29, 1.82) is 0 Å². The van der Waals surface area contributed by atoms with Crippen molar-refractivity contribution in [3.05, 3.63) is 35.9 Å². The number of rotatable bonds is 6. The number of benzene rings is 1. The van der Waals surface area contributed by atoms with Gasteiger partial charge in [0, 0.05) is 19.6 Å². The van der Waals surface area contributed by atoms with E-state index in [-0.39, 0.29) is 18.5 Å². The summed E-state index contributed by atoms with van der Waals surface area (Å²) in [4.78, 5) is 24.9. The van der Waals surface area contributed by atoms with E-state index in [0.717, 1.165) is 5.56 Å². The van der Waals surface area contributed by atoms with E-state index >= 15 is 0 Å². The highest BCUT2D eigenvalue weighted by Gasteiger charge is 2.12. The van der Waals surface area contributed by atoms with Gasteiger partial charge in [-0.15, -0.1) is 0 Å². The predicted molar refractivity (Wildman–Crippen MR) is 74.6 cm³/mol. The zero-order valence-corrected chi connectivity index (χ0v) is 11.5. The van der Waals surface area contributed by atoms with Gasteiger partial charge in [0.05, 0.1) is 6.54 Å². The van der Waals surface area contributed by atoms with Crippen LogP contribution in [0.15, 0.2) is 30.3 Å². The summed E-state index contributed by atoms with van der Waals surface area (Å²) in [5, 5.41) is 5.13. The second kappa shape index (κ2) is 8.13. The molecule has 0 aliphatic heterocycles. The molecule has 0 radical (unpaired) electrons. The van der Waals surface area contributed by atoms with Crippen LogP contribution in [0.2, 0.25) is 0 Å². The lowest BCUT2D eigenvalue weighted by molar-refractivity contribution is -0.130. The van der Waals surface area contributed by atoms with Gasteiger partial charge in [-0.3, -0.25) is 4.79 Å². The molecule has 0 bridgehead atoms. The van der Waals surface area contributed by atoms with Crippen LogP contribution in [0, 0.1) is 0 Å². The molecule has 0 heterocycles. The van der Waals surface area contributed by atoms with E-state index in [1.807, 2.05) is 44.2 Å². The fourth-order valence-corrected chi connectivity index (χ4v) is 1.67. The van der Waals surface area contributed by atoms with Crippen LogP contribution in [0.1, 0.15) is 19.4 Å². The summed E-state index contributed by atoms with van der Waals surface area (Å²) in [6.07, 6.45) is 0. The molecule has 1 rings (SSSR count). The van der Waals surface area contributed by atoms with Crippen molar-refractivity contribution in [3.8, 4) is 0 Å². The summed E-state index contributed by atoms with van der Waals surface area (Å²) in [5.74, 6) is -0.0855. The summed E-state index contributed by atoms with van der Waals surface area (Å²) in [6.45, 7) is 5.49. The topological polar surface area (TPSA) is 61.4 Å². The Morgan fingerprint density at radius 2 is 1.79 bits per heavy atom. The summed E-state index contributed by atoms with van der Waals surface area (Å²) in [7, 11) is 0. The average Bonchev–Trinajstić information content (AvgIpc) is 2.43. The van der Waals surface area contributed by atoms with Crippen LogP contribution in [0.25, 0.3) is 0 Å². The van der Waals surface area contributed by atoms with E-state index in [2.05, 4.69) is 10.6 Å². The predicted octanol–water partition coefficient (Wildman–Crippen LogP) is 1.35. The number of amides is 3. The Labute approximate surface area is 114 Å². The highest BCUT2D eigenvalue weighted by molar-refractivity contribution is 5.83. The van der Waals surface area contributed by atoms with E-state index < -0.39 is 0 Å². The first kappa shape index (κ1) is 15.0. The van der Waals surface area contributed by atoms with Crippen molar-refractivity contribution in [3.63, 3.8) is 0 Å². The first-order valence-corrected chi connectivity index (χ1v) is 6.50. The summed E-state index contributed by atoms with van der Waals surface area (Å²) in [6, 6.07) is 9.48. The van der Waals surface area contributed by atoms with Crippen LogP contribution in [-0.2, 0) is 11.3 Å². The van der Waals surface area contributed by atoms with Gasteiger partial charge >= 0.3 is 6.03 Å². The maximum Gasteiger partial charge on any atom is 0.315 e. The molecule has 0 aliphatic carbocycles. The van der Waals surface area contributed by atoms with Gasteiger partial charge in [0.15, 0.2) is 0 Å². The normalized spacial score (nSPS) is 9.79. The number of urea groups is 1. The molecule has 0 saturated heterocycles. The number of carbonyl (C=O) groups excluding carboxylic acids is 2. The molecule has 3 amide bonds. The standard InChI is InChI=1S/C14H21N3O2/c1-3-15-14(19)16-10-13(18)17(4-2)11-12-8-6-5-7-9-12/h5-9H,3-4,10-11H2,1-2H3,(H2,15,16,19). The molecule has 0 atom stereocenters. The van der Waals surface area contributed by atoms with Crippen LogP contribution in [0.5, 0.6) is 0 Å². The monoisotopic (exact) mass is 263 g/mol. The van der Waals surface area contributed by atoms with Gasteiger partial charge in [-0.05, 0) is 19.4 Å². The average molecular weight is 263 g/mol. The fraction of sp³-hybridized carbons (Fsp3) is 0.429. The van der Waals surface area contributed by atoms with Crippen LogP contribution >= 0.6 is 0 Å². The Balaban J connectivity index is 2.46. The summed E-state index contributed by atoms with van der Waals surface area (Å²) >= 11 is 0. The molecule has 0 unspecified atom stereocenters. The molecule has 0 saturated carbocycles. The summed E-state index contributed by atoms with van der Waals surface area (Å²) < 4.78 is 0. The Kier molecular flexibility index (Phi) is 6.43. The minimum atomic E-state index is -0.313. The largest absolute Gasteiger partial charge is 0.338 e. The van der Waals surface area contributed by atoms with Crippen molar-refractivity contribution in [2.24, 2.45) is 0 Å². The van der Waals surface area contributed by atoms with Gasteiger partial charge in [-0.2, -0.15) is 0 Å². The van der Waals surface area contributed by atoms with Crippen molar-refractivity contribution in [2.75, 3.05) is 19.6 Å². The van der Waals surface area contributed by atoms with E-state index in [0.29, 0.717) is 19.6 Å². The quantitative estimate of drug-likeness (QED) is 0.814. The molecular formula is C14H21N3O2. The molecule has 5 heteroatoms. The zero-order chi connectivity index (χ0) is 14.1. The number of nitrogens with zero attached hydrogens (tertiary/aromatic N) is 1. The minimum absolute atomic E-state index is 0.0203. The highest BCUT2D eigenvalue weighted by Crippen LogP contribution is 2.04. The Morgan fingerprint density at radius 1 is 1.11 bits per heavy atom. The van der Waals surface area contributed by atoms with Crippen LogP contribution < -0.4 is 10.6 Å². The van der Waals surface area contributed by atoms with E-state index in [9.17, 15) is 9.59 Å². The van der Waals surface area contributed by atoms with Gasteiger partial charge in [0.2, 0.25) is 5.91 Å². The van der Waals surface area contributed by atoms with E-state index in [1.165, 1.54) is 0 Å².